The average molecular weight is 276 g/mol. The molecule has 0 spiro atoms. The molecule has 0 aliphatic carbocycles. The quantitative estimate of drug-likeness (QED) is 0.757. The Bertz CT molecular complexity index is 479. The van der Waals surface area contributed by atoms with Crippen LogP contribution in [0.4, 0.5) is 0 Å². The summed E-state index contributed by atoms with van der Waals surface area (Å²) >= 11 is 0. The predicted octanol–water partition coefficient (Wildman–Crippen LogP) is 0.889. The van der Waals surface area contributed by atoms with Crippen molar-refractivity contribution in [3.63, 3.8) is 0 Å². The van der Waals surface area contributed by atoms with Crippen molar-refractivity contribution in [2.75, 3.05) is 19.6 Å². The monoisotopic (exact) mass is 276 g/mol. The number of hydrogen-bond donors (Lipinski definition) is 2. The topological polar surface area (TPSA) is 69.6 Å². The van der Waals surface area contributed by atoms with Crippen LogP contribution in [0, 0.1) is 5.92 Å². The van der Waals surface area contributed by atoms with E-state index in [1.165, 1.54) is 0 Å². The molecule has 2 N–H and O–H groups in total. The molecular formula is C15H20N2O3. The molecule has 0 fully saturated rings. The number of nitrogens with zero attached hydrogens (tertiary/aromatic N) is 1. The molecule has 0 bridgehead atoms. The third-order valence-electron chi connectivity index (χ3n) is 3.20. The number of carbonyl (C=O) groups is 2. The molecule has 1 aromatic rings. The summed E-state index contributed by atoms with van der Waals surface area (Å²) in [5, 5.41) is 13.0. The van der Waals surface area contributed by atoms with Crippen molar-refractivity contribution in [1.82, 2.24) is 10.2 Å². The minimum atomic E-state index is -0.754. The van der Waals surface area contributed by atoms with Gasteiger partial charge in [-0.1, -0.05) is 26.0 Å². The molecule has 1 aliphatic rings. The van der Waals surface area contributed by atoms with Gasteiger partial charge in [-0.3, -0.25) is 14.5 Å². The summed E-state index contributed by atoms with van der Waals surface area (Å²) in [7, 11) is 0. The lowest BCUT2D eigenvalue weighted by atomic mass is 10.1. The van der Waals surface area contributed by atoms with Gasteiger partial charge in [-0.15, -0.1) is 0 Å². The van der Waals surface area contributed by atoms with Crippen molar-refractivity contribution >= 4 is 11.8 Å². The second-order valence-electron chi connectivity index (χ2n) is 5.47. The van der Waals surface area contributed by atoms with Crippen LogP contribution in [0.2, 0.25) is 0 Å². The lowest BCUT2D eigenvalue weighted by molar-refractivity contribution is 0.0543. The van der Waals surface area contributed by atoms with Crippen molar-refractivity contribution in [3.8, 4) is 0 Å². The average Bonchev–Trinajstić information content (AvgIpc) is 2.64. The fourth-order valence-electron chi connectivity index (χ4n) is 2.22. The zero-order valence-electron chi connectivity index (χ0n) is 11.8. The SMILES string of the molecule is CC(C)CNCC(O)CN1C(=O)c2ccccc2C1=O. The van der Waals surface area contributed by atoms with Gasteiger partial charge in [0.2, 0.25) is 0 Å². The Hall–Kier alpha value is -1.72. The van der Waals surface area contributed by atoms with Gasteiger partial charge in [0.05, 0.1) is 23.8 Å². The number of aliphatic hydroxyl groups is 1. The van der Waals surface area contributed by atoms with Crippen molar-refractivity contribution in [1.29, 1.82) is 0 Å². The number of aliphatic hydroxyl groups excluding tert-OH is 1. The first-order chi connectivity index (χ1) is 9.50. The molecule has 1 heterocycles. The van der Waals surface area contributed by atoms with E-state index in [2.05, 4.69) is 19.2 Å². The first-order valence-corrected chi connectivity index (χ1v) is 6.84. The van der Waals surface area contributed by atoms with Crippen LogP contribution >= 0.6 is 0 Å². The summed E-state index contributed by atoms with van der Waals surface area (Å²) in [4.78, 5) is 25.3. The molecule has 5 nitrogen and oxygen atoms in total. The van der Waals surface area contributed by atoms with E-state index in [1.54, 1.807) is 24.3 Å². The van der Waals surface area contributed by atoms with Gasteiger partial charge in [0.25, 0.3) is 11.8 Å². The number of benzene rings is 1. The lowest BCUT2D eigenvalue weighted by Gasteiger charge is -2.19. The number of amides is 2. The largest absolute Gasteiger partial charge is 0.390 e. The highest BCUT2D eigenvalue weighted by Crippen LogP contribution is 2.22. The molecule has 2 amide bonds. The van der Waals surface area contributed by atoms with Gasteiger partial charge >= 0.3 is 0 Å². The first kappa shape index (κ1) is 14.7. The molecule has 0 saturated heterocycles. The molecule has 20 heavy (non-hydrogen) atoms. The second-order valence-corrected chi connectivity index (χ2v) is 5.47. The first-order valence-electron chi connectivity index (χ1n) is 6.84. The number of fused-ring (bicyclic) bond motifs is 1. The lowest BCUT2D eigenvalue weighted by Crippen LogP contribution is -2.41. The van der Waals surface area contributed by atoms with Gasteiger partial charge < -0.3 is 10.4 Å². The van der Waals surface area contributed by atoms with Crippen molar-refractivity contribution < 1.29 is 14.7 Å². The van der Waals surface area contributed by atoms with Crippen LogP contribution in [0.5, 0.6) is 0 Å². The summed E-state index contributed by atoms with van der Waals surface area (Å²) in [5.41, 5.74) is 0.833. The molecule has 0 saturated carbocycles. The standard InChI is InChI=1S/C15H20N2O3/c1-10(2)7-16-8-11(18)9-17-14(19)12-5-3-4-6-13(12)15(17)20/h3-6,10-11,16,18H,7-9H2,1-2H3. The molecule has 1 unspecified atom stereocenters. The summed E-state index contributed by atoms with van der Waals surface area (Å²) < 4.78 is 0. The summed E-state index contributed by atoms with van der Waals surface area (Å²) in [6.45, 7) is 5.33. The highest BCUT2D eigenvalue weighted by atomic mass is 16.3. The molecule has 2 rings (SSSR count). The summed E-state index contributed by atoms with van der Waals surface area (Å²) in [6, 6.07) is 6.74. The van der Waals surface area contributed by atoms with E-state index in [4.69, 9.17) is 0 Å². The zero-order valence-corrected chi connectivity index (χ0v) is 11.8. The van der Waals surface area contributed by atoms with Gasteiger partial charge in [0, 0.05) is 6.54 Å². The second kappa shape index (κ2) is 6.15. The van der Waals surface area contributed by atoms with Crippen molar-refractivity contribution in [2.24, 2.45) is 5.92 Å². The van der Waals surface area contributed by atoms with Crippen molar-refractivity contribution in [2.45, 2.75) is 20.0 Å². The molecule has 108 valence electrons. The predicted molar refractivity (Wildman–Crippen MR) is 75.5 cm³/mol. The van der Waals surface area contributed by atoms with Crippen LogP contribution in [0.15, 0.2) is 24.3 Å². The third-order valence-corrected chi connectivity index (χ3v) is 3.20. The number of nitrogens with one attached hydrogen (secondary N) is 1. The van der Waals surface area contributed by atoms with Crippen LogP contribution in [0.1, 0.15) is 34.6 Å². The Morgan fingerprint density at radius 1 is 1.10 bits per heavy atom. The molecule has 5 heteroatoms. The Morgan fingerprint density at radius 3 is 2.15 bits per heavy atom. The number of imide groups is 1. The maximum atomic E-state index is 12.1. The Labute approximate surface area is 118 Å². The number of hydrogen-bond acceptors (Lipinski definition) is 4. The van der Waals surface area contributed by atoms with Crippen molar-refractivity contribution in [3.05, 3.63) is 35.4 Å². The van der Waals surface area contributed by atoms with Gasteiger partial charge in [-0.2, -0.15) is 0 Å². The number of rotatable bonds is 6. The van der Waals surface area contributed by atoms with E-state index in [0.29, 0.717) is 23.6 Å². The van der Waals surface area contributed by atoms with Crippen LogP contribution in [-0.4, -0.2) is 47.6 Å². The maximum Gasteiger partial charge on any atom is 0.261 e. The minimum Gasteiger partial charge on any atom is -0.390 e. The fourth-order valence-corrected chi connectivity index (χ4v) is 2.22. The van der Waals surface area contributed by atoms with E-state index in [-0.39, 0.29) is 18.4 Å². The summed E-state index contributed by atoms with van der Waals surface area (Å²) in [5.74, 6) is -0.163. The Morgan fingerprint density at radius 2 is 1.65 bits per heavy atom. The van der Waals surface area contributed by atoms with Crippen LogP contribution in [0.25, 0.3) is 0 Å². The molecule has 1 aromatic carbocycles. The molecule has 1 atom stereocenters. The van der Waals surface area contributed by atoms with Gasteiger partial charge in [0.1, 0.15) is 0 Å². The molecular weight excluding hydrogens is 256 g/mol. The number of carbonyl (C=O) groups excluding carboxylic acids is 2. The van der Waals surface area contributed by atoms with E-state index in [0.717, 1.165) is 11.4 Å². The van der Waals surface area contributed by atoms with Crippen LogP contribution < -0.4 is 5.32 Å². The Kier molecular flexibility index (Phi) is 4.52. The smallest absolute Gasteiger partial charge is 0.261 e. The third kappa shape index (κ3) is 3.05. The van der Waals surface area contributed by atoms with E-state index in [1.807, 2.05) is 0 Å². The number of β-amino-alcohol motifs (C(OH)–C–C–N with tert-alkyl or cyclic N) is 1. The highest BCUT2D eigenvalue weighted by molar-refractivity contribution is 6.21. The van der Waals surface area contributed by atoms with Gasteiger partial charge in [-0.05, 0) is 24.6 Å². The van der Waals surface area contributed by atoms with E-state index >= 15 is 0 Å². The van der Waals surface area contributed by atoms with Crippen LogP contribution in [0.3, 0.4) is 0 Å². The zero-order chi connectivity index (χ0) is 14.7. The van der Waals surface area contributed by atoms with Gasteiger partial charge in [0.15, 0.2) is 0 Å². The van der Waals surface area contributed by atoms with Crippen LogP contribution in [-0.2, 0) is 0 Å². The molecule has 1 aliphatic heterocycles. The van der Waals surface area contributed by atoms with Gasteiger partial charge in [-0.25, -0.2) is 0 Å². The Balaban J connectivity index is 1.95. The fraction of sp³-hybridized carbons (Fsp3) is 0.467. The normalized spacial score (nSPS) is 15.9. The maximum absolute atomic E-state index is 12.1. The highest BCUT2D eigenvalue weighted by Gasteiger charge is 2.35. The van der Waals surface area contributed by atoms with E-state index < -0.39 is 6.10 Å². The molecule has 0 radical (unpaired) electrons. The molecule has 0 aromatic heterocycles. The minimum absolute atomic E-state index is 0.0252. The summed E-state index contributed by atoms with van der Waals surface area (Å²) in [6.07, 6.45) is -0.754. The van der Waals surface area contributed by atoms with E-state index in [9.17, 15) is 14.7 Å².